The lowest BCUT2D eigenvalue weighted by molar-refractivity contribution is 0.101. The van der Waals surface area contributed by atoms with Crippen molar-refractivity contribution in [3.8, 4) is 0 Å². The van der Waals surface area contributed by atoms with Gasteiger partial charge >= 0.3 is 0 Å². The van der Waals surface area contributed by atoms with Crippen LogP contribution in [0.15, 0.2) is 89.9 Å². The summed E-state index contributed by atoms with van der Waals surface area (Å²) < 4.78 is 7.09. The van der Waals surface area contributed by atoms with Crippen LogP contribution in [0.3, 0.4) is 0 Å². The van der Waals surface area contributed by atoms with Gasteiger partial charge in [0.15, 0.2) is 5.60 Å². The SMILES string of the molecule is CC[C@@H](C1=Nc2ccccc2C(c2ccccc2)(c2ccccc2)O1)N1CCCCC1. The molecule has 0 aliphatic carbocycles. The Hall–Kier alpha value is -2.91. The number of ether oxygens (including phenoxy) is 1. The molecule has 0 aromatic heterocycles. The highest BCUT2D eigenvalue weighted by molar-refractivity contribution is 5.88. The molecular formula is C28H30N2O. The van der Waals surface area contributed by atoms with Crippen LogP contribution in [0.1, 0.15) is 49.3 Å². The minimum absolute atomic E-state index is 0.195. The Morgan fingerprint density at radius 1 is 0.806 bits per heavy atom. The molecule has 3 heteroatoms. The van der Waals surface area contributed by atoms with E-state index < -0.39 is 5.60 Å². The Labute approximate surface area is 185 Å². The fourth-order valence-electron chi connectivity index (χ4n) is 5.13. The zero-order chi connectivity index (χ0) is 21.1. The normalized spacial score (nSPS) is 19.1. The average Bonchev–Trinajstić information content (AvgIpc) is 2.86. The highest BCUT2D eigenvalue weighted by Gasteiger charge is 2.45. The topological polar surface area (TPSA) is 24.8 Å². The zero-order valence-corrected chi connectivity index (χ0v) is 18.2. The number of hydrogen-bond acceptors (Lipinski definition) is 3. The van der Waals surface area contributed by atoms with E-state index in [0.29, 0.717) is 0 Å². The number of para-hydroxylation sites is 1. The predicted molar refractivity (Wildman–Crippen MR) is 127 cm³/mol. The van der Waals surface area contributed by atoms with Crippen LogP contribution in [-0.4, -0.2) is 29.9 Å². The summed E-state index contributed by atoms with van der Waals surface area (Å²) in [5.41, 5.74) is 3.67. The van der Waals surface area contributed by atoms with Gasteiger partial charge in [0.2, 0.25) is 5.90 Å². The molecule has 31 heavy (non-hydrogen) atoms. The van der Waals surface area contributed by atoms with Crippen LogP contribution >= 0.6 is 0 Å². The van der Waals surface area contributed by atoms with E-state index in [1.807, 2.05) is 0 Å². The first-order valence-corrected chi connectivity index (χ1v) is 11.5. The van der Waals surface area contributed by atoms with Crippen LogP contribution in [0.2, 0.25) is 0 Å². The molecule has 3 aromatic rings. The van der Waals surface area contributed by atoms with Crippen molar-refractivity contribution in [1.29, 1.82) is 0 Å². The molecule has 2 heterocycles. The molecular weight excluding hydrogens is 380 g/mol. The quantitative estimate of drug-likeness (QED) is 0.493. The number of likely N-dealkylation sites (tertiary alicyclic amines) is 1. The number of hydrogen-bond donors (Lipinski definition) is 0. The Morgan fingerprint density at radius 2 is 1.39 bits per heavy atom. The third-order valence-electron chi connectivity index (χ3n) is 6.64. The summed E-state index contributed by atoms with van der Waals surface area (Å²) in [4.78, 5) is 7.66. The third-order valence-corrected chi connectivity index (χ3v) is 6.64. The molecule has 1 saturated heterocycles. The molecule has 0 N–H and O–H groups in total. The Morgan fingerprint density at radius 3 is 2.00 bits per heavy atom. The molecule has 3 aromatic carbocycles. The van der Waals surface area contributed by atoms with Crippen molar-refractivity contribution in [2.24, 2.45) is 4.99 Å². The van der Waals surface area contributed by atoms with Gasteiger partial charge in [-0.3, -0.25) is 4.90 Å². The monoisotopic (exact) mass is 410 g/mol. The second kappa shape index (κ2) is 8.68. The highest BCUT2D eigenvalue weighted by atomic mass is 16.5. The zero-order valence-electron chi connectivity index (χ0n) is 18.2. The Balaban J connectivity index is 1.71. The van der Waals surface area contributed by atoms with E-state index in [-0.39, 0.29) is 6.04 Å². The van der Waals surface area contributed by atoms with Gasteiger partial charge in [0.25, 0.3) is 0 Å². The van der Waals surface area contributed by atoms with E-state index in [2.05, 4.69) is 96.8 Å². The molecule has 1 fully saturated rings. The minimum atomic E-state index is -0.709. The maximum Gasteiger partial charge on any atom is 0.208 e. The van der Waals surface area contributed by atoms with E-state index in [1.165, 1.54) is 19.3 Å². The molecule has 1 atom stereocenters. The van der Waals surface area contributed by atoms with Crippen molar-refractivity contribution < 1.29 is 4.74 Å². The maximum absolute atomic E-state index is 7.09. The summed E-state index contributed by atoms with van der Waals surface area (Å²) in [6.45, 7) is 4.48. The summed E-state index contributed by atoms with van der Waals surface area (Å²) in [6.07, 6.45) is 4.81. The van der Waals surface area contributed by atoms with Crippen molar-refractivity contribution >= 4 is 11.6 Å². The summed E-state index contributed by atoms with van der Waals surface area (Å²) in [5.74, 6) is 0.843. The van der Waals surface area contributed by atoms with Gasteiger partial charge < -0.3 is 4.74 Å². The molecule has 0 bridgehead atoms. The summed E-state index contributed by atoms with van der Waals surface area (Å²) in [7, 11) is 0. The van der Waals surface area contributed by atoms with Crippen molar-refractivity contribution in [1.82, 2.24) is 4.90 Å². The van der Waals surface area contributed by atoms with Crippen molar-refractivity contribution in [2.45, 2.75) is 44.2 Å². The van der Waals surface area contributed by atoms with Gasteiger partial charge in [-0.15, -0.1) is 0 Å². The molecule has 0 spiro atoms. The van der Waals surface area contributed by atoms with Crippen LogP contribution in [0.4, 0.5) is 5.69 Å². The summed E-state index contributed by atoms with van der Waals surface area (Å²) in [6, 6.07) is 29.9. The van der Waals surface area contributed by atoms with Crippen molar-refractivity contribution in [3.63, 3.8) is 0 Å². The largest absolute Gasteiger partial charge is 0.458 e. The van der Waals surface area contributed by atoms with E-state index in [1.54, 1.807) is 0 Å². The Bertz CT molecular complexity index is 999. The molecule has 0 radical (unpaired) electrons. The molecule has 2 aliphatic heterocycles. The first-order valence-electron chi connectivity index (χ1n) is 11.5. The van der Waals surface area contributed by atoms with E-state index in [4.69, 9.17) is 9.73 Å². The van der Waals surface area contributed by atoms with Gasteiger partial charge in [0, 0.05) is 16.7 Å². The standard InChI is InChI=1S/C28H30N2O/c1-2-26(30-20-12-5-13-21-30)27-29-25-19-11-10-18-24(25)28(31-27,22-14-6-3-7-15-22)23-16-8-4-9-17-23/h3-4,6-11,14-19,26H,2,5,12-13,20-21H2,1H3/t26-/m0/s1. The number of benzene rings is 3. The average molecular weight is 411 g/mol. The minimum Gasteiger partial charge on any atom is -0.458 e. The van der Waals surface area contributed by atoms with Crippen molar-refractivity contribution in [3.05, 3.63) is 102 Å². The van der Waals surface area contributed by atoms with E-state index in [9.17, 15) is 0 Å². The second-order valence-electron chi connectivity index (χ2n) is 8.50. The fraction of sp³-hybridized carbons (Fsp3) is 0.321. The number of aliphatic imine (C=N–C) groups is 1. The van der Waals surface area contributed by atoms with Crippen LogP contribution in [0, 0.1) is 0 Å². The predicted octanol–water partition coefficient (Wildman–Crippen LogP) is 6.30. The summed E-state index contributed by atoms with van der Waals surface area (Å²) >= 11 is 0. The molecule has 158 valence electrons. The fourth-order valence-corrected chi connectivity index (χ4v) is 5.13. The lowest BCUT2D eigenvalue weighted by atomic mass is 9.78. The van der Waals surface area contributed by atoms with E-state index in [0.717, 1.165) is 47.8 Å². The molecule has 5 rings (SSSR count). The van der Waals surface area contributed by atoms with Crippen LogP contribution in [-0.2, 0) is 10.3 Å². The number of rotatable bonds is 5. The van der Waals surface area contributed by atoms with Crippen LogP contribution in [0.5, 0.6) is 0 Å². The maximum atomic E-state index is 7.09. The Kier molecular flexibility index (Phi) is 5.61. The van der Waals surface area contributed by atoms with Gasteiger partial charge in [-0.2, -0.15) is 0 Å². The van der Waals surface area contributed by atoms with Gasteiger partial charge in [-0.25, -0.2) is 4.99 Å². The first-order chi connectivity index (χ1) is 15.3. The smallest absolute Gasteiger partial charge is 0.208 e. The molecule has 0 amide bonds. The lowest BCUT2D eigenvalue weighted by Crippen LogP contribution is -2.49. The van der Waals surface area contributed by atoms with E-state index >= 15 is 0 Å². The third kappa shape index (κ3) is 3.57. The molecule has 0 saturated carbocycles. The number of fused-ring (bicyclic) bond motifs is 1. The van der Waals surface area contributed by atoms with Crippen LogP contribution < -0.4 is 0 Å². The molecule has 3 nitrogen and oxygen atoms in total. The number of piperidine rings is 1. The van der Waals surface area contributed by atoms with Crippen LogP contribution in [0.25, 0.3) is 0 Å². The molecule has 2 aliphatic rings. The van der Waals surface area contributed by atoms with Gasteiger partial charge in [0.05, 0.1) is 11.7 Å². The molecule has 0 unspecified atom stereocenters. The second-order valence-corrected chi connectivity index (χ2v) is 8.50. The number of nitrogens with zero attached hydrogens (tertiary/aromatic N) is 2. The highest BCUT2D eigenvalue weighted by Crippen LogP contribution is 2.47. The first kappa shape index (κ1) is 20.0. The summed E-state index contributed by atoms with van der Waals surface area (Å²) in [5, 5.41) is 0. The van der Waals surface area contributed by atoms with Gasteiger partial charge in [0.1, 0.15) is 0 Å². The lowest BCUT2D eigenvalue weighted by Gasteiger charge is -2.43. The van der Waals surface area contributed by atoms with Gasteiger partial charge in [-0.05, 0) is 38.4 Å². The van der Waals surface area contributed by atoms with Crippen molar-refractivity contribution in [2.75, 3.05) is 13.1 Å². The van der Waals surface area contributed by atoms with Gasteiger partial charge in [-0.1, -0.05) is 92.2 Å².